The first-order valence-corrected chi connectivity index (χ1v) is 12.8. The van der Waals surface area contributed by atoms with Crippen LogP contribution in [0.2, 0.25) is 5.02 Å². The molecule has 3 aromatic carbocycles. The molecule has 0 aliphatic heterocycles. The molecular weight excluding hydrogens is 488 g/mol. The van der Waals surface area contributed by atoms with Crippen molar-refractivity contribution in [3.05, 3.63) is 100 Å². The van der Waals surface area contributed by atoms with E-state index in [0.717, 1.165) is 36.0 Å². The van der Waals surface area contributed by atoms with Gasteiger partial charge < -0.3 is 21.3 Å². The van der Waals surface area contributed by atoms with Gasteiger partial charge in [0.25, 0.3) is 5.91 Å². The quantitative estimate of drug-likeness (QED) is 0.259. The fraction of sp³-hybridized carbons (Fsp3) is 0.276. The van der Waals surface area contributed by atoms with Crippen LogP contribution >= 0.6 is 11.6 Å². The third-order valence-electron chi connectivity index (χ3n) is 5.74. The van der Waals surface area contributed by atoms with Crippen molar-refractivity contribution in [1.82, 2.24) is 16.0 Å². The second-order valence-corrected chi connectivity index (χ2v) is 9.32. The van der Waals surface area contributed by atoms with Crippen LogP contribution < -0.4 is 21.3 Å². The highest BCUT2D eigenvalue weighted by Gasteiger charge is 2.16. The number of urea groups is 1. The highest BCUT2D eigenvalue weighted by Crippen LogP contribution is 2.24. The lowest BCUT2D eigenvalue weighted by Crippen LogP contribution is -2.38. The van der Waals surface area contributed by atoms with Gasteiger partial charge in [-0.3, -0.25) is 9.59 Å². The molecule has 0 saturated carbocycles. The van der Waals surface area contributed by atoms with Gasteiger partial charge in [0.1, 0.15) is 0 Å². The minimum Gasteiger partial charge on any atom is -0.348 e. The van der Waals surface area contributed by atoms with Gasteiger partial charge >= 0.3 is 6.03 Å². The van der Waals surface area contributed by atoms with E-state index in [9.17, 15) is 14.4 Å². The van der Waals surface area contributed by atoms with Crippen LogP contribution in [-0.2, 0) is 11.3 Å². The Bertz CT molecular complexity index is 1200. The minimum absolute atomic E-state index is 0.170. The number of anilines is 1. The van der Waals surface area contributed by atoms with Gasteiger partial charge in [0, 0.05) is 22.8 Å². The van der Waals surface area contributed by atoms with Gasteiger partial charge in [-0.25, -0.2) is 4.79 Å². The molecule has 4 N–H and O–H groups in total. The molecule has 0 heterocycles. The molecular formula is C29H33ClN4O3. The first-order chi connectivity index (χ1) is 17.8. The smallest absolute Gasteiger partial charge is 0.319 e. The number of rotatable bonds is 11. The molecule has 0 saturated heterocycles. The summed E-state index contributed by atoms with van der Waals surface area (Å²) < 4.78 is 0. The number of halogens is 1. The summed E-state index contributed by atoms with van der Waals surface area (Å²) in [7, 11) is 0. The molecule has 1 unspecified atom stereocenters. The van der Waals surface area contributed by atoms with Gasteiger partial charge in [0.15, 0.2) is 0 Å². The normalized spacial score (nSPS) is 11.3. The zero-order valence-corrected chi connectivity index (χ0v) is 21.9. The van der Waals surface area contributed by atoms with Crippen molar-refractivity contribution in [3.63, 3.8) is 0 Å². The van der Waals surface area contributed by atoms with Crippen LogP contribution in [0.1, 0.15) is 59.3 Å². The van der Waals surface area contributed by atoms with Crippen molar-refractivity contribution in [1.29, 1.82) is 0 Å². The van der Waals surface area contributed by atoms with Crippen LogP contribution in [0.4, 0.5) is 10.5 Å². The van der Waals surface area contributed by atoms with E-state index in [1.54, 1.807) is 24.3 Å². The number of aryl methyl sites for hydroxylation is 1. The molecule has 0 aromatic heterocycles. The number of amides is 4. The first kappa shape index (κ1) is 27.7. The van der Waals surface area contributed by atoms with Crippen molar-refractivity contribution >= 4 is 35.1 Å². The van der Waals surface area contributed by atoms with Gasteiger partial charge in [-0.1, -0.05) is 73.8 Å². The molecule has 8 heteroatoms. The Balaban J connectivity index is 1.53. The Morgan fingerprint density at radius 3 is 2.43 bits per heavy atom. The first-order valence-electron chi connectivity index (χ1n) is 12.4. The Morgan fingerprint density at radius 1 is 0.919 bits per heavy atom. The number of benzene rings is 3. The third kappa shape index (κ3) is 9.28. The number of carbonyl (C=O) groups is 3. The van der Waals surface area contributed by atoms with Gasteiger partial charge in [-0.05, 0) is 60.4 Å². The molecule has 0 aliphatic rings. The fourth-order valence-corrected chi connectivity index (χ4v) is 4.19. The summed E-state index contributed by atoms with van der Waals surface area (Å²) in [5, 5.41) is 11.8. The monoisotopic (exact) mass is 520 g/mol. The molecule has 1 atom stereocenters. The van der Waals surface area contributed by atoms with Crippen molar-refractivity contribution in [2.24, 2.45) is 0 Å². The van der Waals surface area contributed by atoms with E-state index in [1.807, 2.05) is 55.5 Å². The molecule has 4 amide bonds. The number of unbranched alkanes of at least 4 members (excludes halogenated alkanes) is 1. The zero-order valence-electron chi connectivity index (χ0n) is 21.1. The molecule has 3 rings (SSSR count). The Morgan fingerprint density at radius 2 is 1.70 bits per heavy atom. The van der Waals surface area contributed by atoms with Gasteiger partial charge in [0.2, 0.25) is 5.91 Å². The summed E-state index contributed by atoms with van der Waals surface area (Å²) >= 11 is 6.23. The maximum absolute atomic E-state index is 12.7. The van der Waals surface area contributed by atoms with Crippen LogP contribution in [0.25, 0.3) is 0 Å². The highest BCUT2D eigenvalue weighted by molar-refractivity contribution is 6.30. The number of hydrogen-bond acceptors (Lipinski definition) is 3. The minimum atomic E-state index is -0.410. The largest absolute Gasteiger partial charge is 0.348 e. The molecule has 0 spiro atoms. The molecule has 194 valence electrons. The van der Waals surface area contributed by atoms with Crippen LogP contribution in [-0.4, -0.2) is 24.4 Å². The molecule has 7 nitrogen and oxygen atoms in total. The van der Waals surface area contributed by atoms with Crippen LogP contribution in [0.15, 0.2) is 72.8 Å². The van der Waals surface area contributed by atoms with E-state index < -0.39 is 5.91 Å². The van der Waals surface area contributed by atoms with Gasteiger partial charge in [-0.15, -0.1) is 0 Å². The molecule has 0 aliphatic carbocycles. The predicted molar refractivity (Wildman–Crippen MR) is 148 cm³/mol. The fourth-order valence-electron chi connectivity index (χ4n) is 3.90. The van der Waals surface area contributed by atoms with Crippen LogP contribution in [0.3, 0.4) is 0 Å². The average molecular weight is 521 g/mol. The SMILES string of the molecule is CCCCC(NC(=O)CNC(=O)c1cccc(NC(=O)NCc2ccccc2)c1)c1cc(C)cc(Cl)c1. The van der Waals surface area contributed by atoms with E-state index in [1.165, 1.54) is 0 Å². The maximum atomic E-state index is 12.7. The summed E-state index contributed by atoms with van der Waals surface area (Å²) in [5.74, 6) is -0.700. The van der Waals surface area contributed by atoms with Crippen molar-refractivity contribution in [2.75, 3.05) is 11.9 Å². The van der Waals surface area contributed by atoms with E-state index in [2.05, 4.69) is 28.2 Å². The lowest BCUT2D eigenvalue weighted by Gasteiger charge is -2.20. The summed E-state index contributed by atoms with van der Waals surface area (Å²) in [6.45, 7) is 4.27. The lowest BCUT2D eigenvalue weighted by atomic mass is 9.99. The third-order valence-corrected chi connectivity index (χ3v) is 5.95. The van der Waals surface area contributed by atoms with Crippen molar-refractivity contribution in [3.8, 4) is 0 Å². The standard InChI is InChI=1S/C29H33ClN4O3/c1-3-4-13-26(23-14-20(2)15-24(30)16-23)34-27(35)19-31-28(36)22-11-8-12-25(17-22)33-29(37)32-18-21-9-6-5-7-10-21/h5-12,14-17,26H,3-4,13,18-19H2,1-2H3,(H,31,36)(H,34,35)(H2,32,33,37). The molecule has 37 heavy (non-hydrogen) atoms. The zero-order chi connectivity index (χ0) is 26.6. The van der Waals surface area contributed by atoms with Crippen molar-refractivity contribution in [2.45, 2.75) is 45.7 Å². The predicted octanol–water partition coefficient (Wildman–Crippen LogP) is 5.75. The number of hydrogen-bond donors (Lipinski definition) is 4. The molecule has 0 fully saturated rings. The van der Waals surface area contributed by atoms with Crippen molar-refractivity contribution < 1.29 is 14.4 Å². The Labute approximate surface area is 223 Å². The molecule has 3 aromatic rings. The van der Waals surface area contributed by atoms with E-state index in [4.69, 9.17) is 11.6 Å². The lowest BCUT2D eigenvalue weighted by molar-refractivity contribution is -0.120. The van der Waals surface area contributed by atoms with Crippen LogP contribution in [0.5, 0.6) is 0 Å². The van der Waals surface area contributed by atoms with E-state index in [0.29, 0.717) is 22.8 Å². The summed E-state index contributed by atoms with van der Waals surface area (Å²) in [6, 6.07) is 21.3. The van der Waals surface area contributed by atoms with Gasteiger partial charge in [0.05, 0.1) is 12.6 Å². The molecule has 0 radical (unpaired) electrons. The number of nitrogens with one attached hydrogen (secondary N) is 4. The summed E-state index contributed by atoms with van der Waals surface area (Å²) in [5.41, 5.74) is 3.75. The second-order valence-electron chi connectivity index (χ2n) is 8.88. The maximum Gasteiger partial charge on any atom is 0.319 e. The summed E-state index contributed by atoms with van der Waals surface area (Å²) in [4.78, 5) is 37.6. The Hall–Kier alpha value is -3.84. The van der Waals surface area contributed by atoms with Crippen LogP contribution in [0, 0.1) is 6.92 Å². The number of carbonyl (C=O) groups excluding carboxylic acids is 3. The topological polar surface area (TPSA) is 99.3 Å². The van der Waals surface area contributed by atoms with Gasteiger partial charge in [-0.2, -0.15) is 0 Å². The highest BCUT2D eigenvalue weighted by atomic mass is 35.5. The van der Waals surface area contributed by atoms with E-state index >= 15 is 0 Å². The second kappa shape index (κ2) is 14.0. The van der Waals surface area contributed by atoms with E-state index in [-0.39, 0.29) is 24.5 Å². The Kier molecular flexibility index (Phi) is 10.5. The summed E-state index contributed by atoms with van der Waals surface area (Å²) in [6.07, 6.45) is 2.72. The average Bonchev–Trinajstić information content (AvgIpc) is 2.88. The molecule has 0 bridgehead atoms.